The molecule has 2 aromatic rings. The Morgan fingerprint density at radius 3 is 1.41 bits per heavy atom. The lowest BCUT2D eigenvalue weighted by Crippen LogP contribution is -2.12. The quantitative estimate of drug-likeness (QED) is 0.673. The fourth-order valence-corrected chi connectivity index (χ4v) is 2.23. The molecule has 2 rings (SSSR count). The van der Waals surface area contributed by atoms with Gasteiger partial charge in [0.15, 0.2) is 0 Å². The molecule has 0 aromatic heterocycles. The lowest BCUT2D eigenvalue weighted by atomic mass is 9.96. The number of phenolic OH excluding ortho intramolecular Hbond substituents is 2. The number of methoxy groups -OCH3 is 2. The van der Waals surface area contributed by atoms with Crippen LogP contribution in [0.1, 0.15) is 23.3 Å². The van der Waals surface area contributed by atoms with E-state index in [0.29, 0.717) is 11.1 Å². The van der Waals surface area contributed by atoms with Crippen LogP contribution in [0.4, 0.5) is 0 Å². The van der Waals surface area contributed by atoms with Crippen molar-refractivity contribution < 1.29 is 29.9 Å². The van der Waals surface area contributed by atoms with Gasteiger partial charge in [0.05, 0.1) is 14.2 Å². The van der Waals surface area contributed by atoms with Crippen molar-refractivity contribution in [3.8, 4) is 23.0 Å². The molecular formula is C16H18O6. The van der Waals surface area contributed by atoms with E-state index in [-0.39, 0.29) is 23.0 Å². The van der Waals surface area contributed by atoms with Crippen LogP contribution in [0.25, 0.3) is 0 Å². The van der Waals surface area contributed by atoms with E-state index in [9.17, 15) is 20.4 Å². The van der Waals surface area contributed by atoms with Crippen LogP contribution in [-0.2, 0) is 0 Å². The summed E-state index contributed by atoms with van der Waals surface area (Å²) in [5, 5.41) is 39.7. The smallest absolute Gasteiger partial charge is 0.128 e. The van der Waals surface area contributed by atoms with Gasteiger partial charge in [-0.2, -0.15) is 0 Å². The fourth-order valence-electron chi connectivity index (χ4n) is 2.23. The average Bonchev–Trinajstić information content (AvgIpc) is 2.53. The Bertz CT molecular complexity index is 598. The van der Waals surface area contributed by atoms with E-state index in [0.717, 1.165) is 0 Å². The molecule has 0 radical (unpaired) electrons. The topological polar surface area (TPSA) is 99.4 Å². The minimum Gasteiger partial charge on any atom is -0.508 e. The first-order valence-corrected chi connectivity index (χ1v) is 6.58. The Balaban J connectivity index is 2.39. The number of aromatic hydroxyl groups is 2. The summed E-state index contributed by atoms with van der Waals surface area (Å²) in [4.78, 5) is 0. The number of aliphatic hydroxyl groups is 2. The molecule has 22 heavy (non-hydrogen) atoms. The van der Waals surface area contributed by atoms with Crippen molar-refractivity contribution in [2.45, 2.75) is 12.2 Å². The second kappa shape index (κ2) is 6.55. The summed E-state index contributed by atoms with van der Waals surface area (Å²) < 4.78 is 10.2. The number of hydrogen-bond acceptors (Lipinski definition) is 6. The van der Waals surface area contributed by atoms with Gasteiger partial charge in [-0.25, -0.2) is 0 Å². The maximum absolute atomic E-state index is 10.4. The molecular weight excluding hydrogens is 288 g/mol. The Hall–Kier alpha value is -2.44. The molecule has 0 bridgehead atoms. The predicted molar refractivity (Wildman–Crippen MR) is 79.2 cm³/mol. The lowest BCUT2D eigenvalue weighted by molar-refractivity contribution is 0.0144. The predicted octanol–water partition coefficient (Wildman–Crippen LogP) is 1.88. The van der Waals surface area contributed by atoms with Crippen molar-refractivity contribution in [2.75, 3.05) is 14.2 Å². The van der Waals surface area contributed by atoms with Crippen LogP contribution in [0.3, 0.4) is 0 Å². The molecule has 0 amide bonds. The highest BCUT2D eigenvalue weighted by Crippen LogP contribution is 2.39. The summed E-state index contributed by atoms with van der Waals surface area (Å²) in [5.74, 6) is 0.489. The van der Waals surface area contributed by atoms with E-state index < -0.39 is 12.2 Å². The Morgan fingerprint density at radius 1 is 0.727 bits per heavy atom. The highest BCUT2D eigenvalue weighted by atomic mass is 16.5. The van der Waals surface area contributed by atoms with Crippen molar-refractivity contribution in [2.24, 2.45) is 0 Å². The van der Waals surface area contributed by atoms with Crippen LogP contribution in [0.2, 0.25) is 0 Å². The van der Waals surface area contributed by atoms with Gasteiger partial charge >= 0.3 is 0 Å². The summed E-state index contributed by atoms with van der Waals surface area (Å²) in [5.41, 5.74) is 0.644. The molecule has 0 aliphatic carbocycles. The SMILES string of the molecule is COc1cc(O)ccc1C(O)C(O)c1ccc(O)cc1OC. The van der Waals surface area contributed by atoms with Crippen molar-refractivity contribution >= 4 is 0 Å². The van der Waals surface area contributed by atoms with Gasteiger partial charge in [-0.1, -0.05) is 0 Å². The number of rotatable bonds is 5. The van der Waals surface area contributed by atoms with Gasteiger partial charge in [0.1, 0.15) is 35.2 Å². The van der Waals surface area contributed by atoms with Gasteiger partial charge < -0.3 is 29.9 Å². The zero-order valence-corrected chi connectivity index (χ0v) is 12.2. The molecule has 2 atom stereocenters. The first kappa shape index (κ1) is 15.9. The second-order valence-corrected chi connectivity index (χ2v) is 4.74. The summed E-state index contributed by atoms with van der Waals surface area (Å²) in [7, 11) is 2.80. The highest BCUT2D eigenvalue weighted by Gasteiger charge is 2.26. The molecule has 0 heterocycles. The van der Waals surface area contributed by atoms with Crippen molar-refractivity contribution in [1.82, 2.24) is 0 Å². The largest absolute Gasteiger partial charge is 0.508 e. The van der Waals surface area contributed by atoms with Gasteiger partial charge in [0, 0.05) is 23.3 Å². The molecule has 2 aromatic carbocycles. The van der Waals surface area contributed by atoms with Gasteiger partial charge in [0.25, 0.3) is 0 Å². The zero-order chi connectivity index (χ0) is 16.3. The molecule has 6 nitrogen and oxygen atoms in total. The first-order chi connectivity index (χ1) is 10.5. The van der Waals surface area contributed by atoms with Crippen molar-refractivity contribution in [3.63, 3.8) is 0 Å². The number of ether oxygens (including phenoxy) is 2. The molecule has 0 saturated carbocycles. The molecule has 6 heteroatoms. The van der Waals surface area contributed by atoms with E-state index >= 15 is 0 Å². The molecule has 0 aliphatic heterocycles. The molecule has 0 fully saturated rings. The van der Waals surface area contributed by atoms with Crippen LogP contribution in [0, 0.1) is 0 Å². The summed E-state index contributed by atoms with van der Waals surface area (Å²) in [6, 6.07) is 8.41. The summed E-state index contributed by atoms with van der Waals surface area (Å²) in [6.45, 7) is 0. The Kier molecular flexibility index (Phi) is 4.75. The van der Waals surface area contributed by atoms with E-state index in [2.05, 4.69) is 0 Å². The van der Waals surface area contributed by atoms with Crippen molar-refractivity contribution in [1.29, 1.82) is 0 Å². The fraction of sp³-hybridized carbons (Fsp3) is 0.250. The first-order valence-electron chi connectivity index (χ1n) is 6.58. The van der Waals surface area contributed by atoms with Crippen LogP contribution in [0.5, 0.6) is 23.0 Å². The van der Waals surface area contributed by atoms with Crippen LogP contribution in [-0.4, -0.2) is 34.6 Å². The van der Waals surface area contributed by atoms with E-state index in [1.807, 2.05) is 0 Å². The molecule has 0 saturated heterocycles. The normalized spacial score (nSPS) is 13.5. The maximum atomic E-state index is 10.4. The van der Waals surface area contributed by atoms with Gasteiger partial charge in [-0.3, -0.25) is 0 Å². The molecule has 0 aliphatic rings. The number of benzene rings is 2. The third-order valence-electron chi connectivity index (χ3n) is 3.37. The minimum absolute atomic E-state index is 0.00972. The standard InChI is InChI=1S/C16H18O6/c1-21-13-7-9(17)3-5-11(13)15(19)16(20)12-6-4-10(18)8-14(12)22-2/h3-8,15-20H,1-2H3. The Labute approximate surface area is 127 Å². The van der Waals surface area contributed by atoms with E-state index in [1.54, 1.807) is 0 Å². The average molecular weight is 306 g/mol. The molecule has 0 spiro atoms. The van der Waals surface area contributed by atoms with E-state index in [1.165, 1.54) is 50.6 Å². The van der Waals surface area contributed by atoms with Gasteiger partial charge in [-0.15, -0.1) is 0 Å². The lowest BCUT2D eigenvalue weighted by Gasteiger charge is -2.22. The van der Waals surface area contributed by atoms with Crippen LogP contribution >= 0.6 is 0 Å². The third kappa shape index (κ3) is 3.08. The van der Waals surface area contributed by atoms with Crippen LogP contribution < -0.4 is 9.47 Å². The van der Waals surface area contributed by atoms with E-state index in [4.69, 9.17) is 9.47 Å². The Morgan fingerprint density at radius 2 is 1.09 bits per heavy atom. The van der Waals surface area contributed by atoms with Crippen LogP contribution in [0.15, 0.2) is 36.4 Å². The second-order valence-electron chi connectivity index (χ2n) is 4.74. The summed E-state index contributed by atoms with van der Waals surface area (Å²) in [6.07, 6.45) is -2.59. The zero-order valence-electron chi connectivity index (χ0n) is 12.2. The molecule has 4 N–H and O–H groups in total. The number of aliphatic hydroxyl groups excluding tert-OH is 2. The van der Waals surface area contributed by atoms with Crippen molar-refractivity contribution in [3.05, 3.63) is 47.5 Å². The highest BCUT2D eigenvalue weighted by molar-refractivity contribution is 5.45. The molecule has 118 valence electrons. The molecule has 2 unspecified atom stereocenters. The third-order valence-corrected chi connectivity index (χ3v) is 3.37. The summed E-state index contributed by atoms with van der Waals surface area (Å²) >= 11 is 0. The minimum atomic E-state index is -1.30. The van der Waals surface area contributed by atoms with Gasteiger partial charge in [0.2, 0.25) is 0 Å². The monoisotopic (exact) mass is 306 g/mol. The van der Waals surface area contributed by atoms with Gasteiger partial charge in [-0.05, 0) is 24.3 Å². The maximum Gasteiger partial charge on any atom is 0.128 e. The number of phenols is 2. The number of hydrogen-bond donors (Lipinski definition) is 4.